The molecule has 1 atom stereocenters. The van der Waals surface area contributed by atoms with Gasteiger partial charge < -0.3 is 20.3 Å². The quantitative estimate of drug-likeness (QED) is 0.521. The van der Waals surface area contributed by atoms with Crippen LogP contribution >= 0.6 is 23.4 Å². The van der Waals surface area contributed by atoms with E-state index in [2.05, 4.69) is 15.1 Å². The highest BCUT2D eigenvalue weighted by atomic mass is 35.5. The van der Waals surface area contributed by atoms with Crippen molar-refractivity contribution in [1.29, 1.82) is 0 Å². The minimum absolute atomic E-state index is 0.0575. The molecule has 3 heterocycles. The predicted octanol–water partition coefficient (Wildman–Crippen LogP) is 2.89. The van der Waals surface area contributed by atoms with Gasteiger partial charge in [0.05, 0.1) is 28.7 Å². The van der Waals surface area contributed by atoms with Gasteiger partial charge >= 0.3 is 0 Å². The van der Waals surface area contributed by atoms with Gasteiger partial charge in [0.2, 0.25) is 11.9 Å². The summed E-state index contributed by atoms with van der Waals surface area (Å²) >= 11 is 7.79. The molecule has 0 aliphatic carbocycles. The Hall–Kier alpha value is -3.24. The monoisotopic (exact) mass is 498 g/mol. The molecule has 1 aromatic heterocycles. The Morgan fingerprint density at radius 1 is 1.06 bits per heavy atom. The molecule has 1 saturated heterocycles. The number of fused-ring (bicyclic) bond motifs is 1. The number of ether oxygens (including phenoxy) is 1. The SMILES string of the molecule is NC(=O)[C@H]1CN(C(=O)CSc2nnc(N3CCCC3)n2-c2ccccc2Cl)c2ccccc2O1. The number of amides is 2. The van der Waals surface area contributed by atoms with Crippen molar-refractivity contribution in [3.05, 3.63) is 53.6 Å². The van der Waals surface area contributed by atoms with Crippen LogP contribution in [0.2, 0.25) is 5.02 Å². The highest BCUT2D eigenvalue weighted by Crippen LogP contribution is 2.35. The van der Waals surface area contributed by atoms with E-state index in [1.54, 1.807) is 23.1 Å². The van der Waals surface area contributed by atoms with E-state index in [0.29, 0.717) is 27.6 Å². The molecule has 0 bridgehead atoms. The van der Waals surface area contributed by atoms with Gasteiger partial charge in [-0.05, 0) is 37.1 Å². The summed E-state index contributed by atoms with van der Waals surface area (Å²) in [5, 5.41) is 9.96. The molecule has 2 amide bonds. The molecule has 2 aliphatic heterocycles. The zero-order chi connectivity index (χ0) is 23.7. The largest absolute Gasteiger partial charge is 0.477 e. The van der Waals surface area contributed by atoms with Crippen molar-refractivity contribution in [2.24, 2.45) is 5.73 Å². The highest BCUT2D eigenvalue weighted by molar-refractivity contribution is 7.99. The Bertz CT molecular complexity index is 1230. The minimum Gasteiger partial charge on any atom is -0.477 e. The molecule has 0 radical (unpaired) electrons. The zero-order valence-electron chi connectivity index (χ0n) is 18.3. The number of carbonyl (C=O) groups excluding carboxylic acids is 2. The smallest absolute Gasteiger partial charge is 0.260 e. The Balaban J connectivity index is 1.42. The summed E-state index contributed by atoms with van der Waals surface area (Å²) in [6, 6.07) is 14.6. The van der Waals surface area contributed by atoms with Gasteiger partial charge in [0.1, 0.15) is 5.75 Å². The molecular formula is C23H23ClN6O3S. The lowest BCUT2D eigenvalue weighted by Crippen LogP contribution is -2.49. The lowest BCUT2D eigenvalue weighted by atomic mass is 10.2. The van der Waals surface area contributed by atoms with Gasteiger partial charge in [0.25, 0.3) is 5.91 Å². The van der Waals surface area contributed by atoms with Crippen LogP contribution in [0.15, 0.2) is 53.7 Å². The molecule has 2 aromatic carbocycles. The van der Waals surface area contributed by atoms with E-state index >= 15 is 0 Å². The lowest BCUT2D eigenvalue weighted by Gasteiger charge is -2.33. The van der Waals surface area contributed by atoms with Crippen LogP contribution in [0, 0.1) is 0 Å². The van der Waals surface area contributed by atoms with Crippen LogP contribution in [0.5, 0.6) is 5.75 Å². The first-order chi connectivity index (χ1) is 16.5. The second-order valence-electron chi connectivity index (χ2n) is 8.03. The first-order valence-corrected chi connectivity index (χ1v) is 12.3. The average Bonchev–Trinajstić information content (AvgIpc) is 3.52. The van der Waals surface area contributed by atoms with E-state index in [-0.39, 0.29) is 18.2 Å². The lowest BCUT2D eigenvalue weighted by molar-refractivity contribution is -0.125. The molecule has 0 spiro atoms. The van der Waals surface area contributed by atoms with E-state index in [4.69, 9.17) is 22.1 Å². The summed E-state index contributed by atoms with van der Waals surface area (Å²) in [5.41, 5.74) is 6.83. The number of primary amides is 1. The maximum Gasteiger partial charge on any atom is 0.260 e. The molecule has 2 N–H and O–H groups in total. The fourth-order valence-electron chi connectivity index (χ4n) is 4.14. The molecule has 2 aliphatic rings. The fourth-order valence-corrected chi connectivity index (χ4v) is 5.18. The Labute approximate surface area is 205 Å². The van der Waals surface area contributed by atoms with E-state index in [1.165, 1.54) is 11.8 Å². The number of nitrogens with two attached hydrogens (primary N) is 1. The van der Waals surface area contributed by atoms with Gasteiger partial charge in [-0.15, -0.1) is 10.2 Å². The van der Waals surface area contributed by atoms with Gasteiger partial charge in [0.15, 0.2) is 11.3 Å². The minimum atomic E-state index is -0.905. The number of benzene rings is 2. The van der Waals surface area contributed by atoms with Crippen molar-refractivity contribution in [2.75, 3.05) is 35.2 Å². The third-order valence-electron chi connectivity index (χ3n) is 5.82. The molecule has 0 unspecified atom stereocenters. The molecule has 11 heteroatoms. The number of carbonyl (C=O) groups is 2. The number of hydrogen-bond donors (Lipinski definition) is 1. The van der Waals surface area contributed by atoms with Crippen LogP contribution in [-0.4, -0.2) is 58.1 Å². The normalized spacial score (nSPS) is 17.4. The number of hydrogen-bond acceptors (Lipinski definition) is 7. The van der Waals surface area contributed by atoms with Crippen LogP contribution in [0.25, 0.3) is 5.69 Å². The number of halogens is 1. The summed E-state index contributed by atoms with van der Waals surface area (Å²) in [6.45, 7) is 1.85. The standard InChI is InChI=1S/C23H23ClN6O3S/c24-15-7-1-2-8-16(15)30-22(28-11-5-6-12-28)26-27-23(30)34-14-20(31)29-13-19(21(25)32)33-18-10-4-3-9-17(18)29/h1-4,7-10,19H,5-6,11-14H2,(H2,25,32)/t19-/m1/s1. The molecule has 5 rings (SSSR count). The fraction of sp³-hybridized carbons (Fsp3) is 0.304. The van der Waals surface area contributed by atoms with Crippen LogP contribution in [0.1, 0.15) is 12.8 Å². The van der Waals surface area contributed by atoms with Crippen molar-refractivity contribution in [3.63, 3.8) is 0 Å². The molecule has 9 nitrogen and oxygen atoms in total. The van der Waals surface area contributed by atoms with E-state index in [9.17, 15) is 9.59 Å². The van der Waals surface area contributed by atoms with Gasteiger partial charge in [-0.3, -0.25) is 14.2 Å². The number of anilines is 2. The summed E-state index contributed by atoms with van der Waals surface area (Å²) in [6.07, 6.45) is 1.28. The van der Waals surface area contributed by atoms with E-state index < -0.39 is 12.0 Å². The molecule has 176 valence electrons. The third kappa shape index (κ3) is 4.30. The third-order valence-corrected chi connectivity index (χ3v) is 7.05. The van der Waals surface area contributed by atoms with Crippen molar-refractivity contribution < 1.29 is 14.3 Å². The van der Waals surface area contributed by atoms with Gasteiger partial charge in [0, 0.05) is 13.1 Å². The van der Waals surface area contributed by atoms with Crippen LogP contribution < -0.4 is 20.3 Å². The Kier molecular flexibility index (Phi) is 6.34. The second kappa shape index (κ2) is 9.55. The summed E-state index contributed by atoms with van der Waals surface area (Å²) < 4.78 is 7.57. The first-order valence-electron chi connectivity index (χ1n) is 11.0. The van der Waals surface area contributed by atoms with Crippen molar-refractivity contribution in [1.82, 2.24) is 14.8 Å². The van der Waals surface area contributed by atoms with E-state index in [1.807, 2.05) is 34.9 Å². The molecule has 3 aromatic rings. The van der Waals surface area contributed by atoms with Crippen molar-refractivity contribution >= 4 is 46.8 Å². The van der Waals surface area contributed by atoms with Gasteiger partial charge in [-0.25, -0.2) is 0 Å². The van der Waals surface area contributed by atoms with Crippen LogP contribution in [0.4, 0.5) is 11.6 Å². The molecule has 0 saturated carbocycles. The van der Waals surface area contributed by atoms with Gasteiger partial charge in [-0.1, -0.05) is 47.6 Å². The van der Waals surface area contributed by atoms with Gasteiger partial charge in [-0.2, -0.15) is 0 Å². The molecule has 34 heavy (non-hydrogen) atoms. The number of para-hydroxylation sites is 3. The maximum absolute atomic E-state index is 13.3. The highest BCUT2D eigenvalue weighted by Gasteiger charge is 2.33. The topological polar surface area (TPSA) is 107 Å². The first kappa shape index (κ1) is 22.5. The summed E-state index contributed by atoms with van der Waals surface area (Å²) in [5.74, 6) is 0.442. The summed E-state index contributed by atoms with van der Waals surface area (Å²) in [4.78, 5) is 28.8. The number of rotatable bonds is 6. The van der Waals surface area contributed by atoms with Crippen molar-refractivity contribution in [3.8, 4) is 11.4 Å². The number of thioether (sulfide) groups is 1. The summed E-state index contributed by atoms with van der Waals surface area (Å²) in [7, 11) is 0. The average molecular weight is 499 g/mol. The van der Waals surface area contributed by atoms with E-state index in [0.717, 1.165) is 31.6 Å². The predicted molar refractivity (Wildman–Crippen MR) is 131 cm³/mol. The molecular weight excluding hydrogens is 476 g/mol. The number of aromatic nitrogens is 3. The Morgan fingerprint density at radius 3 is 2.50 bits per heavy atom. The van der Waals surface area contributed by atoms with Crippen LogP contribution in [-0.2, 0) is 9.59 Å². The second-order valence-corrected chi connectivity index (χ2v) is 9.38. The van der Waals surface area contributed by atoms with Crippen molar-refractivity contribution in [2.45, 2.75) is 24.1 Å². The van der Waals surface area contributed by atoms with Crippen LogP contribution in [0.3, 0.4) is 0 Å². The number of nitrogens with zero attached hydrogens (tertiary/aromatic N) is 5. The molecule has 1 fully saturated rings. The Morgan fingerprint density at radius 2 is 1.76 bits per heavy atom. The maximum atomic E-state index is 13.3. The zero-order valence-corrected chi connectivity index (χ0v) is 19.8.